The van der Waals surface area contributed by atoms with Gasteiger partial charge in [0.05, 0.1) is 12.0 Å². The minimum atomic E-state index is -1.08. The summed E-state index contributed by atoms with van der Waals surface area (Å²) in [6.45, 7) is 10.3. The van der Waals surface area contributed by atoms with Gasteiger partial charge in [-0.1, -0.05) is 33.1 Å². The van der Waals surface area contributed by atoms with Crippen LogP contribution in [0.4, 0.5) is 0 Å². The molecule has 0 unspecified atom stereocenters. The lowest BCUT2D eigenvalue weighted by atomic mass is 9.73. The third kappa shape index (κ3) is 5.97. The molecule has 2 aliphatic heterocycles. The summed E-state index contributed by atoms with van der Waals surface area (Å²) in [6, 6.07) is 0. The molecule has 2 aliphatic rings. The number of unbranched alkanes of at least 4 members (excludes halogenated alkanes) is 3. The van der Waals surface area contributed by atoms with Gasteiger partial charge < -0.3 is 18.9 Å². The van der Waals surface area contributed by atoms with Crippen molar-refractivity contribution in [2.24, 2.45) is 11.8 Å². The largest absolute Gasteiger partial charge is 0.458 e. The molecular weight excluding hydrogens is 416 g/mol. The van der Waals surface area contributed by atoms with E-state index in [-0.39, 0.29) is 5.78 Å². The van der Waals surface area contributed by atoms with Crippen molar-refractivity contribution in [3.63, 3.8) is 0 Å². The third-order valence-corrected chi connectivity index (χ3v) is 6.32. The second kappa shape index (κ2) is 11.1. The maximum absolute atomic E-state index is 12.4. The second-order valence-electron chi connectivity index (χ2n) is 9.05. The number of ketones is 1. The van der Waals surface area contributed by atoms with Crippen molar-refractivity contribution in [1.29, 1.82) is 0 Å². The van der Waals surface area contributed by atoms with Crippen LogP contribution in [0, 0.1) is 11.8 Å². The van der Waals surface area contributed by atoms with Crippen LogP contribution in [0.2, 0.25) is 0 Å². The number of allylic oxidation sites excluding steroid dienone is 1. The predicted octanol–water partition coefficient (Wildman–Crippen LogP) is 3.30. The van der Waals surface area contributed by atoms with Gasteiger partial charge in [-0.05, 0) is 33.3 Å². The van der Waals surface area contributed by atoms with Crippen LogP contribution in [-0.4, -0.2) is 53.7 Å². The van der Waals surface area contributed by atoms with E-state index in [1.165, 1.54) is 13.0 Å². The zero-order chi connectivity index (χ0) is 24.1. The van der Waals surface area contributed by atoms with Crippen molar-refractivity contribution in [2.75, 3.05) is 0 Å². The van der Waals surface area contributed by atoms with Gasteiger partial charge in [0.1, 0.15) is 23.9 Å². The number of carbonyl (C=O) groups excluding carboxylic acids is 4. The van der Waals surface area contributed by atoms with Gasteiger partial charge in [0.25, 0.3) is 0 Å². The first-order chi connectivity index (χ1) is 15.0. The molecule has 0 spiro atoms. The Kier molecular flexibility index (Phi) is 9.01. The number of fused-ring (bicyclic) bond motifs is 1. The van der Waals surface area contributed by atoms with Gasteiger partial charge >= 0.3 is 17.9 Å². The molecule has 0 amide bonds. The summed E-state index contributed by atoms with van der Waals surface area (Å²) in [5.74, 6) is -2.90. The minimum Gasteiger partial charge on any atom is -0.458 e. The molecule has 8 nitrogen and oxygen atoms in total. The van der Waals surface area contributed by atoms with Crippen molar-refractivity contribution in [1.82, 2.24) is 0 Å². The van der Waals surface area contributed by atoms with Crippen LogP contribution >= 0.6 is 0 Å². The molecule has 2 fully saturated rings. The molecule has 0 N–H and O–H groups in total. The van der Waals surface area contributed by atoms with E-state index in [9.17, 15) is 19.2 Å². The first-order valence-corrected chi connectivity index (χ1v) is 11.5. The van der Waals surface area contributed by atoms with E-state index in [4.69, 9.17) is 18.9 Å². The zero-order valence-corrected chi connectivity index (χ0v) is 19.9. The van der Waals surface area contributed by atoms with Crippen molar-refractivity contribution < 1.29 is 38.1 Å². The monoisotopic (exact) mass is 452 g/mol. The first kappa shape index (κ1) is 26.0. The molecule has 0 aliphatic carbocycles. The van der Waals surface area contributed by atoms with Crippen LogP contribution in [0.1, 0.15) is 73.6 Å². The Morgan fingerprint density at radius 3 is 2.38 bits per heavy atom. The number of esters is 3. The van der Waals surface area contributed by atoms with Crippen molar-refractivity contribution in [2.45, 2.75) is 104 Å². The molecule has 8 heteroatoms. The van der Waals surface area contributed by atoms with Crippen LogP contribution in [0.15, 0.2) is 12.2 Å². The molecule has 180 valence electrons. The van der Waals surface area contributed by atoms with E-state index in [0.29, 0.717) is 6.42 Å². The Hall–Kier alpha value is -2.22. The van der Waals surface area contributed by atoms with E-state index in [1.54, 1.807) is 27.7 Å². The van der Waals surface area contributed by atoms with E-state index >= 15 is 0 Å². The van der Waals surface area contributed by atoms with Crippen molar-refractivity contribution >= 4 is 23.7 Å². The lowest BCUT2D eigenvalue weighted by Crippen LogP contribution is -2.70. The first-order valence-electron chi connectivity index (χ1n) is 11.5. The van der Waals surface area contributed by atoms with E-state index in [0.717, 1.165) is 31.8 Å². The Morgan fingerprint density at radius 1 is 1.06 bits per heavy atom. The van der Waals surface area contributed by atoms with E-state index < -0.39 is 59.8 Å². The van der Waals surface area contributed by atoms with Gasteiger partial charge in [-0.2, -0.15) is 0 Å². The van der Waals surface area contributed by atoms with Crippen molar-refractivity contribution in [3.8, 4) is 0 Å². The Bertz CT molecular complexity index is 744. The molecule has 7 atom stereocenters. The fourth-order valence-corrected chi connectivity index (χ4v) is 4.71. The van der Waals surface area contributed by atoms with Crippen LogP contribution in [0.3, 0.4) is 0 Å². The summed E-state index contributed by atoms with van der Waals surface area (Å²) in [7, 11) is 0. The molecule has 2 rings (SSSR count). The molecule has 0 saturated carbocycles. The Labute approximate surface area is 190 Å². The molecular formula is C24H36O8. The molecule has 32 heavy (non-hydrogen) atoms. The SMILES string of the molecule is CCCCCCC(=O)/C=C\C(=O)O[C@@H]1[C@@H](C)[C@@H]2OC(=O)[C@H](C)[C@H](OC(C)=O)[C@@]2(C)O[C@H]1C. The molecule has 0 aromatic heterocycles. The minimum absolute atomic E-state index is 0.119. The smallest absolute Gasteiger partial charge is 0.331 e. The highest BCUT2D eigenvalue weighted by atomic mass is 16.6. The average Bonchev–Trinajstić information content (AvgIpc) is 2.72. The normalized spacial score (nSPS) is 34.5. The fourth-order valence-electron chi connectivity index (χ4n) is 4.71. The highest BCUT2D eigenvalue weighted by molar-refractivity contribution is 5.95. The molecule has 0 bridgehead atoms. The maximum Gasteiger partial charge on any atom is 0.331 e. The summed E-state index contributed by atoms with van der Waals surface area (Å²) in [4.78, 5) is 48.4. The molecule has 0 aromatic carbocycles. The van der Waals surface area contributed by atoms with Crippen LogP contribution in [0.5, 0.6) is 0 Å². The summed E-state index contributed by atoms with van der Waals surface area (Å²) in [5.41, 5.74) is -1.08. The molecule has 0 radical (unpaired) electrons. The maximum atomic E-state index is 12.4. The molecule has 0 aromatic rings. The molecule has 2 saturated heterocycles. The number of hydrogen-bond donors (Lipinski definition) is 0. The van der Waals surface area contributed by atoms with Crippen molar-refractivity contribution in [3.05, 3.63) is 12.2 Å². The van der Waals surface area contributed by atoms with E-state index in [1.807, 2.05) is 0 Å². The highest BCUT2D eigenvalue weighted by Gasteiger charge is 2.62. The van der Waals surface area contributed by atoms with Gasteiger partial charge in [0.15, 0.2) is 5.78 Å². The number of ether oxygens (including phenoxy) is 4. The zero-order valence-electron chi connectivity index (χ0n) is 19.9. The fraction of sp³-hybridized carbons (Fsp3) is 0.750. The van der Waals surface area contributed by atoms with Crippen LogP contribution in [-0.2, 0) is 38.1 Å². The van der Waals surface area contributed by atoms with E-state index in [2.05, 4.69) is 6.92 Å². The Morgan fingerprint density at radius 2 is 1.75 bits per heavy atom. The van der Waals surface area contributed by atoms with Gasteiger partial charge in [-0.25, -0.2) is 4.79 Å². The summed E-state index contributed by atoms with van der Waals surface area (Å²) in [5, 5.41) is 0. The van der Waals surface area contributed by atoms with Crippen LogP contribution < -0.4 is 0 Å². The predicted molar refractivity (Wildman–Crippen MR) is 116 cm³/mol. The molecule has 2 heterocycles. The average molecular weight is 453 g/mol. The number of hydrogen-bond acceptors (Lipinski definition) is 8. The second-order valence-corrected chi connectivity index (χ2v) is 9.05. The lowest BCUT2D eigenvalue weighted by Gasteiger charge is -2.55. The highest BCUT2D eigenvalue weighted by Crippen LogP contribution is 2.45. The lowest BCUT2D eigenvalue weighted by molar-refractivity contribution is -0.300. The summed E-state index contributed by atoms with van der Waals surface area (Å²) in [6.07, 6.45) is 3.89. The van der Waals surface area contributed by atoms with Gasteiger partial charge in [-0.3, -0.25) is 14.4 Å². The summed E-state index contributed by atoms with van der Waals surface area (Å²) >= 11 is 0. The summed E-state index contributed by atoms with van der Waals surface area (Å²) < 4.78 is 22.8. The number of rotatable bonds is 9. The van der Waals surface area contributed by atoms with Gasteiger partial charge in [0, 0.05) is 25.3 Å². The number of carbonyl (C=O) groups is 4. The Balaban J connectivity index is 2.06. The quantitative estimate of drug-likeness (QED) is 0.227. The van der Waals surface area contributed by atoms with Gasteiger partial charge in [0.2, 0.25) is 0 Å². The third-order valence-electron chi connectivity index (χ3n) is 6.32. The van der Waals surface area contributed by atoms with Crippen LogP contribution in [0.25, 0.3) is 0 Å². The standard InChI is InChI=1S/C24H36O8/c1-7-8-9-10-11-18(26)12-13-19(27)30-20-14(2)21-24(6,32-16(20)4)22(29-17(5)25)15(3)23(28)31-21/h12-16,20-22H,7-11H2,1-6H3/b13-12-/t14-,15-,16+,20-,21+,22+,24+/m1/s1. The van der Waals surface area contributed by atoms with Gasteiger partial charge in [-0.15, -0.1) is 0 Å². The topological polar surface area (TPSA) is 105 Å².